The highest BCUT2D eigenvalue weighted by Gasteiger charge is 2.16. The second-order valence-corrected chi connectivity index (χ2v) is 3.24. The summed E-state index contributed by atoms with van der Waals surface area (Å²) in [6, 6.07) is 4.41. The fraction of sp³-hybridized carbons (Fsp3) is 0.250. The number of nitriles is 1. The molecule has 0 aromatic heterocycles. The van der Waals surface area contributed by atoms with Gasteiger partial charge in [0.25, 0.3) is 0 Å². The van der Waals surface area contributed by atoms with Crippen molar-refractivity contribution in [1.82, 2.24) is 0 Å². The van der Waals surface area contributed by atoms with Gasteiger partial charge in [-0.1, -0.05) is 0 Å². The maximum absolute atomic E-state index is 11.3. The van der Waals surface area contributed by atoms with Crippen molar-refractivity contribution in [3.63, 3.8) is 0 Å². The lowest BCUT2D eigenvalue weighted by Crippen LogP contribution is -2.09. The Balaban J connectivity index is 3.17. The van der Waals surface area contributed by atoms with E-state index in [1.54, 1.807) is 13.0 Å². The van der Waals surface area contributed by atoms with Crippen LogP contribution in [0.4, 0.5) is 0 Å². The molecule has 17 heavy (non-hydrogen) atoms. The Morgan fingerprint density at radius 2 is 2.29 bits per heavy atom. The van der Waals surface area contributed by atoms with E-state index < -0.39 is 5.97 Å². The first-order chi connectivity index (χ1) is 8.13. The Bertz CT molecular complexity index is 488. The van der Waals surface area contributed by atoms with Gasteiger partial charge in [-0.3, -0.25) is 9.59 Å². The van der Waals surface area contributed by atoms with E-state index in [9.17, 15) is 14.7 Å². The van der Waals surface area contributed by atoms with E-state index in [1.807, 2.05) is 0 Å². The van der Waals surface area contributed by atoms with Crippen LogP contribution in [0.15, 0.2) is 12.1 Å². The lowest BCUT2D eigenvalue weighted by molar-refractivity contribution is -0.142. The van der Waals surface area contributed by atoms with Gasteiger partial charge in [-0.05, 0) is 19.1 Å². The summed E-state index contributed by atoms with van der Waals surface area (Å²) in [4.78, 5) is 22.0. The van der Waals surface area contributed by atoms with Crippen LogP contribution in [0.25, 0.3) is 0 Å². The van der Waals surface area contributed by atoms with Crippen LogP contribution >= 0.6 is 0 Å². The number of carbonyl (C=O) groups is 2. The van der Waals surface area contributed by atoms with Gasteiger partial charge in [0.1, 0.15) is 11.8 Å². The lowest BCUT2D eigenvalue weighted by atomic mass is 9.99. The van der Waals surface area contributed by atoms with Crippen LogP contribution in [0.3, 0.4) is 0 Å². The van der Waals surface area contributed by atoms with Crippen LogP contribution in [0.2, 0.25) is 0 Å². The Hall–Kier alpha value is -2.35. The van der Waals surface area contributed by atoms with E-state index in [0.29, 0.717) is 6.29 Å². The molecule has 1 rings (SSSR count). The molecule has 0 bridgehead atoms. The van der Waals surface area contributed by atoms with Crippen molar-refractivity contribution in [3.8, 4) is 11.8 Å². The molecule has 0 heterocycles. The van der Waals surface area contributed by atoms with Crippen molar-refractivity contribution in [2.45, 2.75) is 13.3 Å². The number of nitrogens with zero attached hydrogens (tertiary/aromatic N) is 1. The summed E-state index contributed by atoms with van der Waals surface area (Å²) < 4.78 is 4.73. The van der Waals surface area contributed by atoms with Crippen LogP contribution in [0.5, 0.6) is 5.75 Å². The number of phenols is 1. The number of aldehydes is 1. The minimum atomic E-state index is -0.553. The van der Waals surface area contributed by atoms with Crippen LogP contribution < -0.4 is 0 Å². The molecule has 0 aliphatic carbocycles. The van der Waals surface area contributed by atoms with Crippen molar-refractivity contribution < 1.29 is 19.4 Å². The van der Waals surface area contributed by atoms with Gasteiger partial charge in [-0.15, -0.1) is 0 Å². The second-order valence-electron chi connectivity index (χ2n) is 3.24. The van der Waals surface area contributed by atoms with E-state index in [1.165, 1.54) is 12.1 Å². The van der Waals surface area contributed by atoms with Crippen LogP contribution in [-0.2, 0) is 16.0 Å². The molecule has 0 aliphatic heterocycles. The van der Waals surface area contributed by atoms with Crippen molar-refractivity contribution in [2.24, 2.45) is 0 Å². The zero-order valence-electron chi connectivity index (χ0n) is 9.27. The Morgan fingerprint density at radius 1 is 1.59 bits per heavy atom. The quantitative estimate of drug-likeness (QED) is 0.623. The van der Waals surface area contributed by atoms with Crippen molar-refractivity contribution in [2.75, 3.05) is 6.61 Å². The number of rotatable bonds is 4. The maximum Gasteiger partial charge on any atom is 0.310 e. The van der Waals surface area contributed by atoms with Crippen LogP contribution in [0, 0.1) is 11.3 Å². The van der Waals surface area contributed by atoms with E-state index in [4.69, 9.17) is 10.00 Å². The van der Waals surface area contributed by atoms with Gasteiger partial charge >= 0.3 is 5.97 Å². The van der Waals surface area contributed by atoms with Crippen molar-refractivity contribution in [1.29, 1.82) is 5.26 Å². The van der Waals surface area contributed by atoms with E-state index >= 15 is 0 Å². The highest BCUT2D eigenvalue weighted by atomic mass is 16.5. The standard InChI is InChI=1S/C12H11NO4/c1-2-17-12(16)5-9-10(6-13)8(7-14)3-4-11(9)15/h3-4,7,15H,2,5H2,1H3. The average molecular weight is 233 g/mol. The normalized spacial score (nSPS) is 9.41. The minimum Gasteiger partial charge on any atom is -0.508 e. The number of aromatic hydroxyl groups is 1. The van der Waals surface area contributed by atoms with E-state index in [-0.39, 0.29) is 35.5 Å². The third-order valence-electron chi connectivity index (χ3n) is 2.19. The van der Waals surface area contributed by atoms with Gasteiger partial charge in [-0.25, -0.2) is 0 Å². The predicted molar refractivity (Wildman–Crippen MR) is 58.5 cm³/mol. The number of carbonyl (C=O) groups excluding carboxylic acids is 2. The van der Waals surface area contributed by atoms with Gasteiger partial charge in [0.05, 0.1) is 18.6 Å². The number of hydrogen-bond acceptors (Lipinski definition) is 5. The molecule has 0 saturated heterocycles. The zero-order valence-corrected chi connectivity index (χ0v) is 9.27. The first-order valence-electron chi connectivity index (χ1n) is 4.99. The molecule has 5 heteroatoms. The number of esters is 1. The fourth-order valence-electron chi connectivity index (χ4n) is 1.42. The number of benzene rings is 1. The highest BCUT2D eigenvalue weighted by Crippen LogP contribution is 2.24. The summed E-state index contributed by atoms with van der Waals surface area (Å²) in [5.74, 6) is -0.748. The first-order valence-corrected chi connectivity index (χ1v) is 4.99. The predicted octanol–water partition coefficient (Wildman–Crippen LogP) is 1.18. The summed E-state index contributed by atoms with van der Waals surface area (Å²) >= 11 is 0. The molecule has 1 N–H and O–H groups in total. The van der Waals surface area contributed by atoms with Crippen molar-refractivity contribution >= 4 is 12.3 Å². The largest absolute Gasteiger partial charge is 0.508 e. The molecule has 0 fully saturated rings. The first kappa shape index (κ1) is 12.7. The van der Waals surface area contributed by atoms with E-state index in [0.717, 1.165) is 0 Å². The molecule has 0 unspecified atom stereocenters. The molecule has 0 atom stereocenters. The smallest absolute Gasteiger partial charge is 0.310 e. The summed E-state index contributed by atoms with van der Waals surface area (Å²) in [6.07, 6.45) is 0.275. The number of phenolic OH excluding ortho intramolecular Hbond substituents is 1. The van der Waals surface area contributed by atoms with Crippen molar-refractivity contribution in [3.05, 3.63) is 28.8 Å². The molecule has 0 radical (unpaired) electrons. The molecular formula is C12H11NO4. The molecule has 0 aliphatic rings. The fourth-order valence-corrected chi connectivity index (χ4v) is 1.42. The summed E-state index contributed by atoms with van der Waals surface area (Å²) in [7, 11) is 0. The number of ether oxygens (including phenoxy) is 1. The zero-order chi connectivity index (χ0) is 12.8. The second kappa shape index (κ2) is 5.66. The van der Waals surface area contributed by atoms with Gasteiger partial charge in [-0.2, -0.15) is 5.26 Å². The molecule has 1 aromatic carbocycles. The van der Waals surface area contributed by atoms with Gasteiger partial charge in [0.2, 0.25) is 0 Å². The molecule has 0 spiro atoms. The summed E-state index contributed by atoms with van der Waals surface area (Å²) in [5, 5.41) is 18.5. The lowest BCUT2D eigenvalue weighted by Gasteiger charge is -2.08. The molecule has 0 amide bonds. The minimum absolute atomic E-state index is 0.00746. The van der Waals surface area contributed by atoms with E-state index in [2.05, 4.69) is 0 Å². The van der Waals surface area contributed by atoms with Crippen LogP contribution in [0.1, 0.15) is 28.4 Å². The molecular weight excluding hydrogens is 222 g/mol. The Kier molecular flexibility index (Phi) is 4.23. The van der Waals surface area contributed by atoms with Crippen LogP contribution in [-0.4, -0.2) is 24.0 Å². The third kappa shape index (κ3) is 2.82. The third-order valence-corrected chi connectivity index (χ3v) is 2.19. The van der Waals surface area contributed by atoms with Gasteiger partial charge in [0, 0.05) is 11.1 Å². The topological polar surface area (TPSA) is 87.4 Å². The molecule has 1 aromatic rings. The summed E-state index contributed by atoms with van der Waals surface area (Å²) in [5.41, 5.74) is 0.271. The average Bonchev–Trinajstić information content (AvgIpc) is 2.31. The van der Waals surface area contributed by atoms with Gasteiger partial charge in [0.15, 0.2) is 6.29 Å². The Morgan fingerprint density at radius 3 is 2.82 bits per heavy atom. The maximum atomic E-state index is 11.3. The Labute approximate surface area is 98.2 Å². The summed E-state index contributed by atoms with van der Waals surface area (Å²) in [6.45, 7) is 1.87. The molecule has 88 valence electrons. The van der Waals surface area contributed by atoms with Gasteiger partial charge < -0.3 is 9.84 Å². The molecule has 5 nitrogen and oxygen atoms in total. The number of hydrogen-bond donors (Lipinski definition) is 1. The monoisotopic (exact) mass is 233 g/mol. The SMILES string of the molecule is CCOC(=O)Cc1c(O)ccc(C=O)c1C#N. The molecule has 0 saturated carbocycles. The highest BCUT2D eigenvalue weighted by molar-refractivity contribution is 5.83.